The van der Waals surface area contributed by atoms with E-state index in [9.17, 15) is 4.79 Å². The second-order valence-corrected chi connectivity index (χ2v) is 4.08. The number of hydrogen-bond acceptors (Lipinski definition) is 3. The predicted molar refractivity (Wildman–Crippen MR) is 74.6 cm³/mol. The molecule has 1 aromatic heterocycles. The van der Waals surface area contributed by atoms with Gasteiger partial charge in [-0.2, -0.15) is 0 Å². The van der Waals surface area contributed by atoms with Gasteiger partial charge >= 0.3 is 0 Å². The molecule has 2 rings (SSSR count). The molecule has 4 nitrogen and oxygen atoms in total. The van der Waals surface area contributed by atoms with Crippen LogP contribution < -0.4 is 10.1 Å². The molecule has 0 unspecified atom stereocenters. The number of anilines is 1. The lowest BCUT2D eigenvalue weighted by molar-refractivity contribution is 0.102. The second-order valence-electron chi connectivity index (χ2n) is 4.08. The largest absolute Gasteiger partial charge is 0.495 e. The number of aromatic nitrogens is 1. The summed E-state index contributed by atoms with van der Waals surface area (Å²) in [4.78, 5) is 16.0. The van der Waals surface area contributed by atoms with Crippen molar-refractivity contribution in [1.82, 2.24) is 4.98 Å². The number of hydrogen-bond donors (Lipinski definition) is 1. The van der Waals surface area contributed by atoms with Gasteiger partial charge in [-0.15, -0.1) is 0 Å². The molecule has 0 aliphatic rings. The Balaban J connectivity index is 2.25. The normalized spacial score (nSPS) is 10.0. The van der Waals surface area contributed by atoms with Gasteiger partial charge in [0.25, 0.3) is 5.91 Å². The van der Waals surface area contributed by atoms with Crippen LogP contribution in [0.5, 0.6) is 5.75 Å². The molecule has 0 spiro atoms. The van der Waals surface area contributed by atoms with Crippen molar-refractivity contribution in [3.8, 4) is 5.75 Å². The molecule has 19 heavy (non-hydrogen) atoms. The van der Waals surface area contributed by atoms with Crippen molar-refractivity contribution in [1.29, 1.82) is 0 Å². The standard InChI is InChI=1S/C15H16N2O2/c1-3-11-4-5-14(19-2)13(10-11)17-15(18)12-6-8-16-9-7-12/h4-10H,3H2,1-2H3,(H,17,18). The first kappa shape index (κ1) is 13.1. The first-order chi connectivity index (χ1) is 9.24. The van der Waals surface area contributed by atoms with Gasteiger partial charge in [0.1, 0.15) is 5.75 Å². The maximum atomic E-state index is 12.1. The van der Waals surface area contributed by atoms with Crippen LogP contribution in [0.3, 0.4) is 0 Å². The number of pyridine rings is 1. The van der Waals surface area contributed by atoms with Gasteiger partial charge in [0, 0.05) is 18.0 Å². The fourth-order valence-electron chi connectivity index (χ4n) is 1.77. The molecule has 0 aliphatic heterocycles. The molecule has 0 saturated carbocycles. The van der Waals surface area contributed by atoms with Crippen LogP contribution in [0.1, 0.15) is 22.8 Å². The highest BCUT2D eigenvalue weighted by Gasteiger charge is 2.09. The summed E-state index contributed by atoms with van der Waals surface area (Å²) in [6.07, 6.45) is 4.09. The van der Waals surface area contributed by atoms with Crippen molar-refractivity contribution in [3.63, 3.8) is 0 Å². The van der Waals surface area contributed by atoms with Crippen LogP contribution in [0.2, 0.25) is 0 Å². The summed E-state index contributed by atoms with van der Waals surface area (Å²) in [5.41, 5.74) is 2.40. The third-order valence-electron chi connectivity index (χ3n) is 2.86. The number of nitrogens with one attached hydrogen (secondary N) is 1. The van der Waals surface area contributed by atoms with Gasteiger partial charge in [0.15, 0.2) is 0 Å². The van der Waals surface area contributed by atoms with Gasteiger partial charge in [0.2, 0.25) is 0 Å². The van der Waals surface area contributed by atoms with Crippen LogP contribution in [0, 0.1) is 0 Å². The lowest BCUT2D eigenvalue weighted by Gasteiger charge is -2.11. The fraction of sp³-hybridized carbons (Fsp3) is 0.200. The van der Waals surface area contributed by atoms with Gasteiger partial charge in [-0.25, -0.2) is 0 Å². The van der Waals surface area contributed by atoms with Gasteiger partial charge in [-0.3, -0.25) is 9.78 Å². The molecule has 98 valence electrons. The maximum absolute atomic E-state index is 12.1. The molecule has 1 N–H and O–H groups in total. The number of carbonyl (C=O) groups is 1. The van der Waals surface area contributed by atoms with E-state index in [0.29, 0.717) is 17.0 Å². The Morgan fingerprint density at radius 1 is 1.26 bits per heavy atom. The van der Waals surface area contributed by atoms with Crippen LogP contribution in [-0.4, -0.2) is 18.0 Å². The van der Waals surface area contributed by atoms with E-state index in [0.717, 1.165) is 12.0 Å². The van der Waals surface area contributed by atoms with E-state index >= 15 is 0 Å². The average molecular weight is 256 g/mol. The first-order valence-electron chi connectivity index (χ1n) is 6.13. The Hall–Kier alpha value is -2.36. The molecular weight excluding hydrogens is 240 g/mol. The molecule has 0 atom stereocenters. The zero-order valence-corrected chi connectivity index (χ0v) is 11.0. The SMILES string of the molecule is CCc1ccc(OC)c(NC(=O)c2ccncc2)c1. The molecule has 1 aromatic carbocycles. The van der Waals surface area contributed by atoms with E-state index in [1.807, 2.05) is 18.2 Å². The fourth-order valence-corrected chi connectivity index (χ4v) is 1.77. The summed E-state index contributed by atoms with van der Waals surface area (Å²) in [7, 11) is 1.59. The third-order valence-corrected chi connectivity index (χ3v) is 2.86. The van der Waals surface area contributed by atoms with Crippen LogP contribution in [-0.2, 0) is 6.42 Å². The number of benzene rings is 1. The van der Waals surface area contributed by atoms with Crippen molar-refractivity contribution in [2.24, 2.45) is 0 Å². The minimum Gasteiger partial charge on any atom is -0.495 e. The van der Waals surface area contributed by atoms with Gasteiger partial charge in [-0.1, -0.05) is 13.0 Å². The van der Waals surface area contributed by atoms with E-state index in [1.165, 1.54) is 0 Å². The van der Waals surface area contributed by atoms with Crippen molar-refractivity contribution < 1.29 is 9.53 Å². The van der Waals surface area contributed by atoms with Crippen molar-refractivity contribution >= 4 is 11.6 Å². The molecule has 0 fully saturated rings. The van der Waals surface area contributed by atoms with E-state index < -0.39 is 0 Å². The molecule has 0 aliphatic carbocycles. The Morgan fingerprint density at radius 3 is 2.63 bits per heavy atom. The van der Waals surface area contributed by atoms with E-state index in [-0.39, 0.29) is 5.91 Å². The molecule has 0 saturated heterocycles. The molecular formula is C15H16N2O2. The highest BCUT2D eigenvalue weighted by Crippen LogP contribution is 2.26. The molecule has 1 amide bonds. The molecule has 1 heterocycles. The van der Waals surface area contributed by atoms with Gasteiger partial charge in [-0.05, 0) is 36.2 Å². The van der Waals surface area contributed by atoms with E-state index in [2.05, 4.69) is 17.2 Å². The Kier molecular flexibility index (Phi) is 4.13. The molecule has 2 aromatic rings. The first-order valence-corrected chi connectivity index (χ1v) is 6.13. The summed E-state index contributed by atoms with van der Waals surface area (Å²) in [6, 6.07) is 9.12. The number of aryl methyl sites for hydroxylation is 1. The highest BCUT2D eigenvalue weighted by molar-refractivity contribution is 6.04. The number of nitrogens with zero attached hydrogens (tertiary/aromatic N) is 1. The Bertz CT molecular complexity index is 568. The number of methoxy groups -OCH3 is 1. The second kappa shape index (κ2) is 6.00. The number of ether oxygens (including phenoxy) is 1. The van der Waals surface area contributed by atoms with Gasteiger partial charge in [0.05, 0.1) is 12.8 Å². The smallest absolute Gasteiger partial charge is 0.255 e. The van der Waals surface area contributed by atoms with Crippen LogP contribution in [0.4, 0.5) is 5.69 Å². The zero-order valence-electron chi connectivity index (χ0n) is 11.0. The number of rotatable bonds is 4. The Morgan fingerprint density at radius 2 is 2.00 bits per heavy atom. The summed E-state index contributed by atoms with van der Waals surface area (Å²) in [6.45, 7) is 2.07. The van der Waals surface area contributed by atoms with Crippen LogP contribution in [0.25, 0.3) is 0 Å². The van der Waals surface area contributed by atoms with E-state index in [4.69, 9.17) is 4.74 Å². The van der Waals surface area contributed by atoms with Crippen molar-refractivity contribution in [2.75, 3.05) is 12.4 Å². The summed E-state index contributed by atoms with van der Waals surface area (Å²) < 4.78 is 5.25. The number of amides is 1. The highest BCUT2D eigenvalue weighted by atomic mass is 16.5. The summed E-state index contributed by atoms with van der Waals surface area (Å²) in [5, 5.41) is 2.86. The minimum atomic E-state index is -0.172. The topological polar surface area (TPSA) is 51.2 Å². The van der Waals surface area contributed by atoms with Crippen molar-refractivity contribution in [2.45, 2.75) is 13.3 Å². The summed E-state index contributed by atoms with van der Waals surface area (Å²) >= 11 is 0. The van der Waals surface area contributed by atoms with Crippen LogP contribution >= 0.6 is 0 Å². The lowest BCUT2D eigenvalue weighted by atomic mass is 10.1. The van der Waals surface area contributed by atoms with Gasteiger partial charge < -0.3 is 10.1 Å². The van der Waals surface area contributed by atoms with Crippen LogP contribution in [0.15, 0.2) is 42.7 Å². The average Bonchev–Trinajstić information content (AvgIpc) is 2.48. The molecule has 0 radical (unpaired) electrons. The Labute approximate surface area is 112 Å². The lowest BCUT2D eigenvalue weighted by Crippen LogP contribution is -2.12. The zero-order chi connectivity index (χ0) is 13.7. The quantitative estimate of drug-likeness (QED) is 0.915. The van der Waals surface area contributed by atoms with Crippen molar-refractivity contribution in [3.05, 3.63) is 53.9 Å². The third kappa shape index (κ3) is 3.10. The van der Waals surface area contributed by atoms with E-state index in [1.54, 1.807) is 31.6 Å². The predicted octanol–water partition coefficient (Wildman–Crippen LogP) is 2.90. The number of carbonyl (C=O) groups excluding carboxylic acids is 1. The maximum Gasteiger partial charge on any atom is 0.255 e. The monoisotopic (exact) mass is 256 g/mol. The summed E-state index contributed by atoms with van der Waals surface area (Å²) in [5.74, 6) is 0.480. The molecule has 0 bridgehead atoms. The molecule has 4 heteroatoms. The minimum absolute atomic E-state index is 0.172.